The summed E-state index contributed by atoms with van der Waals surface area (Å²) in [6.45, 7) is 7.38. The number of hydrogen-bond donors (Lipinski definition) is 1. The molecular weight excluding hydrogens is 424 g/mol. The minimum Gasteiger partial charge on any atom is -0.389 e. The number of imidazole rings is 1. The molecule has 0 spiro atoms. The summed E-state index contributed by atoms with van der Waals surface area (Å²) in [4.78, 5) is 23.3. The van der Waals surface area contributed by atoms with Gasteiger partial charge in [-0.1, -0.05) is 6.07 Å². The van der Waals surface area contributed by atoms with Crippen molar-refractivity contribution in [2.75, 3.05) is 44.3 Å². The van der Waals surface area contributed by atoms with Crippen molar-refractivity contribution < 1.29 is 14.8 Å². The monoisotopic (exact) mass is 450 g/mol. The highest BCUT2D eigenvalue weighted by atomic mass is 35.5. The molecule has 0 saturated carbocycles. The Labute approximate surface area is 185 Å². The molecular formula is C20H27ClN6O4. The van der Waals surface area contributed by atoms with Gasteiger partial charge in [-0.15, -0.1) is 0 Å². The number of anilines is 1. The molecule has 1 fully saturated rings. The second kappa shape index (κ2) is 9.07. The number of morpholine rings is 1. The lowest BCUT2D eigenvalue weighted by Crippen LogP contribution is -2.44. The normalized spacial score (nSPS) is 19.1. The van der Waals surface area contributed by atoms with Crippen LogP contribution in [0.2, 0.25) is 5.28 Å². The Morgan fingerprint density at radius 1 is 1.29 bits per heavy atom. The fourth-order valence-corrected chi connectivity index (χ4v) is 4.33. The molecule has 168 valence electrons. The average molecular weight is 451 g/mol. The minimum atomic E-state index is -0.971. The van der Waals surface area contributed by atoms with E-state index in [9.17, 15) is 15.2 Å². The van der Waals surface area contributed by atoms with Gasteiger partial charge < -0.3 is 24.9 Å². The minimum absolute atomic E-state index is 0.0524. The Morgan fingerprint density at radius 3 is 2.77 bits per heavy atom. The molecule has 2 aromatic heterocycles. The van der Waals surface area contributed by atoms with Crippen molar-refractivity contribution in [1.82, 2.24) is 19.4 Å². The number of β-amino-alcohol motifs (C(OH)–C–C–N with tert-alkyl or cyclic N) is 1. The summed E-state index contributed by atoms with van der Waals surface area (Å²) in [7, 11) is 0. The molecule has 0 bridgehead atoms. The van der Waals surface area contributed by atoms with Crippen LogP contribution in [0.25, 0.3) is 0 Å². The smallest absolute Gasteiger partial charge is 0.383 e. The zero-order valence-corrected chi connectivity index (χ0v) is 18.3. The Balaban J connectivity index is 1.34. The molecule has 0 amide bonds. The Morgan fingerprint density at radius 2 is 2.06 bits per heavy atom. The summed E-state index contributed by atoms with van der Waals surface area (Å²) in [5.41, 5.74) is 1.34. The maximum atomic E-state index is 10.9. The van der Waals surface area contributed by atoms with Crippen LogP contribution in [0, 0.1) is 10.1 Å². The van der Waals surface area contributed by atoms with Crippen molar-refractivity contribution in [3.05, 3.63) is 45.0 Å². The maximum Gasteiger partial charge on any atom is 0.383 e. The highest BCUT2D eigenvalue weighted by Crippen LogP contribution is 2.25. The third kappa shape index (κ3) is 5.32. The van der Waals surface area contributed by atoms with E-state index in [1.807, 2.05) is 0 Å². The van der Waals surface area contributed by atoms with Crippen LogP contribution in [0.4, 0.5) is 11.6 Å². The van der Waals surface area contributed by atoms with Crippen LogP contribution < -0.4 is 4.90 Å². The van der Waals surface area contributed by atoms with E-state index in [1.165, 1.54) is 16.3 Å². The van der Waals surface area contributed by atoms with Crippen molar-refractivity contribution in [2.45, 2.75) is 38.5 Å². The quantitative estimate of drug-likeness (QED) is 0.503. The number of aromatic nitrogens is 3. The molecule has 31 heavy (non-hydrogen) atoms. The molecule has 2 aliphatic heterocycles. The highest BCUT2D eigenvalue weighted by molar-refractivity contribution is 6.28. The van der Waals surface area contributed by atoms with Gasteiger partial charge in [-0.3, -0.25) is 9.47 Å². The van der Waals surface area contributed by atoms with E-state index in [1.54, 1.807) is 6.92 Å². The third-order valence-electron chi connectivity index (χ3n) is 5.81. The summed E-state index contributed by atoms with van der Waals surface area (Å²) in [5.74, 6) is 0.718. The largest absolute Gasteiger partial charge is 0.389 e. The van der Waals surface area contributed by atoms with Crippen molar-refractivity contribution >= 4 is 23.2 Å². The third-order valence-corrected chi connectivity index (χ3v) is 6.11. The molecule has 2 aliphatic rings. The van der Waals surface area contributed by atoms with Crippen LogP contribution in [0.1, 0.15) is 24.6 Å². The average Bonchev–Trinajstić information content (AvgIpc) is 3.13. The molecule has 4 heterocycles. The van der Waals surface area contributed by atoms with Crippen molar-refractivity contribution in [3.8, 4) is 0 Å². The molecule has 10 nitrogen and oxygen atoms in total. The number of aryl methyl sites for hydroxylation is 1. The number of nitro groups is 1. The molecule has 0 aliphatic carbocycles. The van der Waals surface area contributed by atoms with E-state index in [4.69, 9.17) is 21.3 Å². The van der Waals surface area contributed by atoms with Gasteiger partial charge in [0.25, 0.3) is 0 Å². The van der Waals surface area contributed by atoms with Gasteiger partial charge in [0.1, 0.15) is 12.0 Å². The van der Waals surface area contributed by atoms with Gasteiger partial charge in [0.15, 0.2) is 0 Å². The topological polar surface area (TPSA) is 110 Å². The SMILES string of the molecule is CC(O)(CCn1cc([N+](=O)[O-])nc1Cl)CN1CCc2nc(N3CCOCC3)ccc2C1. The van der Waals surface area contributed by atoms with Crippen molar-refractivity contribution in [3.63, 3.8) is 0 Å². The van der Waals surface area contributed by atoms with Crippen LogP contribution in [0.15, 0.2) is 18.3 Å². The molecule has 1 atom stereocenters. The van der Waals surface area contributed by atoms with Crippen LogP contribution in [0.5, 0.6) is 0 Å². The first-order valence-electron chi connectivity index (χ1n) is 10.4. The number of nitrogens with zero attached hydrogens (tertiary/aromatic N) is 6. The molecule has 1 N–H and O–H groups in total. The summed E-state index contributed by atoms with van der Waals surface area (Å²) in [6, 6.07) is 4.21. The molecule has 4 rings (SSSR count). The maximum absolute atomic E-state index is 10.9. The standard InChI is InChI=1S/C20H27ClN6O4/c1-20(28,5-7-26-13-18(27(29)30)23-19(26)21)14-24-6-4-16-15(12-24)2-3-17(22-16)25-8-10-31-11-9-25/h2-3,13,28H,4-12,14H2,1H3. The molecule has 0 aromatic carbocycles. The predicted molar refractivity (Wildman–Crippen MR) is 115 cm³/mol. The van der Waals surface area contributed by atoms with Crippen LogP contribution in [-0.2, 0) is 24.2 Å². The number of pyridine rings is 1. The Kier molecular flexibility index (Phi) is 6.42. The summed E-state index contributed by atoms with van der Waals surface area (Å²) in [5, 5.41) is 21.8. The van der Waals surface area contributed by atoms with Gasteiger partial charge in [0.05, 0.1) is 18.8 Å². The Hall–Kier alpha value is -2.27. The number of ether oxygens (including phenoxy) is 1. The zero-order valence-electron chi connectivity index (χ0n) is 17.5. The fourth-order valence-electron chi connectivity index (χ4n) is 4.11. The second-order valence-corrected chi connectivity index (χ2v) is 8.74. The highest BCUT2D eigenvalue weighted by Gasteiger charge is 2.28. The number of hydrogen-bond acceptors (Lipinski definition) is 8. The van der Waals surface area contributed by atoms with E-state index in [2.05, 4.69) is 26.9 Å². The molecule has 2 aromatic rings. The summed E-state index contributed by atoms with van der Waals surface area (Å²) < 4.78 is 6.92. The molecule has 11 heteroatoms. The lowest BCUT2D eigenvalue weighted by atomic mass is 9.98. The lowest BCUT2D eigenvalue weighted by Gasteiger charge is -2.35. The van der Waals surface area contributed by atoms with Crippen LogP contribution >= 0.6 is 11.6 Å². The van der Waals surface area contributed by atoms with Crippen molar-refractivity contribution in [1.29, 1.82) is 0 Å². The first-order chi connectivity index (χ1) is 14.8. The van der Waals surface area contributed by atoms with Gasteiger partial charge in [-0.2, -0.15) is 0 Å². The van der Waals surface area contributed by atoms with Crippen LogP contribution in [0.3, 0.4) is 0 Å². The van der Waals surface area contributed by atoms with Crippen molar-refractivity contribution in [2.24, 2.45) is 0 Å². The first-order valence-corrected chi connectivity index (χ1v) is 10.8. The Bertz CT molecular complexity index is 944. The van der Waals surface area contributed by atoms with Gasteiger partial charge >= 0.3 is 11.1 Å². The second-order valence-electron chi connectivity index (χ2n) is 8.40. The van der Waals surface area contributed by atoms with Gasteiger partial charge in [-0.05, 0) is 46.5 Å². The van der Waals surface area contributed by atoms with E-state index in [0.29, 0.717) is 19.5 Å². The number of halogens is 1. The van der Waals surface area contributed by atoms with Crippen LogP contribution in [-0.4, -0.2) is 74.5 Å². The summed E-state index contributed by atoms with van der Waals surface area (Å²) >= 11 is 5.97. The van der Waals surface area contributed by atoms with Gasteiger partial charge in [0, 0.05) is 51.4 Å². The first kappa shape index (κ1) is 21.9. The number of rotatable bonds is 7. The number of fused-ring (bicyclic) bond motifs is 1. The van der Waals surface area contributed by atoms with E-state index >= 15 is 0 Å². The van der Waals surface area contributed by atoms with E-state index in [0.717, 1.165) is 57.3 Å². The van der Waals surface area contributed by atoms with Gasteiger partial charge in [0.2, 0.25) is 0 Å². The predicted octanol–water partition coefficient (Wildman–Crippen LogP) is 1.88. The van der Waals surface area contributed by atoms with E-state index in [-0.39, 0.29) is 11.1 Å². The zero-order chi connectivity index (χ0) is 22.0. The van der Waals surface area contributed by atoms with E-state index < -0.39 is 10.5 Å². The molecule has 1 unspecified atom stereocenters. The number of aliphatic hydroxyl groups is 1. The summed E-state index contributed by atoms with van der Waals surface area (Å²) in [6.07, 6.45) is 2.54. The molecule has 1 saturated heterocycles. The lowest BCUT2D eigenvalue weighted by molar-refractivity contribution is -0.389. The molecule has 0 radical (unpaired) electrons. The van der Waals surface area contributed by atoms with Gasteiger partial charge in [-0.25, -0.2) is 4.98 Å². The fraction of sp³-hybridized carbons (Fsp3) is 0.600.